The van der Waals surface area contributed by atoms with Crippen LogP contribution in [0.1, 0.15) is 5.56 Å². The molecule has 9 heteroatoms. The molecule has 0 aliphatic carbocycles. The number of amides is 1. The quantitative estimate of drug-likeness (QED) is 0.806. The molecule has 1 saturated heterocycles. The van der Waals surface area contributed by atoms with Gasteiger partial charge in [-0.25, -0.2) is 8.42 Å². The van der Waals surface area contributed by atoms with E-state index in [4.69, 9.17) is 23.2 Å². The summed E-state index contributed by atoms with van der Waals surface area (Å²) >= 11 is 12.3. The fourth-order valence-corrected chi connectivity index (χ4v) is 4.25. The highest BCUT2D eigenvalue weighted by Crippen LogP contribution is 2.30. The summed E-state index contributed by atoms with van der Waals surface area (Å²) in [4.78, 5) is 13.4. The van der Waals surface area contributed by atoms with Crippen molar-refractivity contribution < 1.29 is 13.2 Å². The second-order valence-electron chi connectivity index (χ2n) is 5.95. The molecule has 1 amide bonds. The number of sulfonamides is 1. The topological polar surface area (TPSA) is 78.5 Å². The smallest absolute Gasteiger partial charge is 0.261 e. The Labute approximate surface area is 162 Å². The van der Waals surface area contributed by atoms with Crippen molar-refractivity contribution in [2.75, 3.05) is 29.3 Å². The molecule has 1 aliphatic heterocycles. The second-order valence-corrected chi connectivity index (χ2v) is 8.45. The molecule has 2 N–H and O–H groups in total. The average Bonchev–Trinajstić information content (AvgIpc) is 2.57. The Morgan fingerprint density at radius 1 is 1.12 bits per heavy atom. The lowest BCUT2D eigenvalue weighted by Gasteiger charge is -2.29. The molecule has 0 saturated carbocycles. The monoisotopic (exact) mass is 413 g/mol. The third-order valence-electron chi connectivity index (χ3n) is 4.03. The molecular weight excluding hydrogens is 397 g/mol. The van der Waals surface area contributed by atoms with Crippen molar-refractivity contribution in [2.24, 2.45) is 0 Å². The highest BCUT2D eigenvalue weighted by molar-refractivity contribution is 7.92. The lowest BCUT2D eigenvalue weighted by atomic mass is 10.2. The van der Waals surface area contributed by atoms with Gasteiger partial charge in [-0.15, -0.1) is 0 Å². The summed E-state index contributed by atoms with van der Waals surface area (Å²) in [7, 11) is -3.79. The largest absolute Gasteiger partial charge is 0.359 e. The van der Waals surface area contributed by atoms with Gasteiger partial charge in [-0.2, -0.15) is 0 Å². The van der Waals surface area contributed by atoms with Gasteiger partial charge in [0.2, 0.25) is 5.91 Å². The Kier molecular flexibility index (Phi) is 5.32. The highest BCUT2D eigenvalue weighted by Gasteiger charge is 2.20. The zero-order chi connectivity index (χ0) is 18.9. The molecule has 26 heavy (non-hydrogen) atoms. The van der Waals surface area contributed by atoms with Gasteiger partial charge in [-0.1, -0.05) is 29.3 Å². The SMILES string of the molecule is Cc1ccc(S(=O)(=O)Nc2ccc(N3CCNC(=O)C3)c(Cl)c2)cc1Cl. The van der Waals surface area contributed by atoms with Crippen molar-refractivity contribution in [1.82, 2.24) is 5.32 Å². The van der Waals surface area contributed by atoms with Crippen LogP contribution < -0.4 is 14.9 Å². The standard InChI is InChI=1S/C17H17Cl2N3O3S/c1-11-2-4-13(9-14(11)18)26(24,25)21-12-3-5-16(15(19)8-12)22-7-6-20-17(23)10-22/h2-5,8-9,21H,6-7,10H2,1H3,(H,20,23). The first-order valence-corrected chi connectivity index (χ1v) is 10.1. The summed E-state index contributed by atoms with van der Waals surface area (Å²) in [6.45, 7) is 3.19. The number of nitrogens with one attached hydrogen (secondary N) is 2. The van der Waals surface area contributed by atoms with Crippen molar-refractivity contribution in [1.29, 1.82) is 0 Å². The number of hydrogen-bond donors (Lipinski definition) is 2. The van der Waals surface area contributed by atoms with Gasteiger partial charge >= 0.3 is 0 Å². The van der Waals surface area contributed by atoms with E-state index >= 15 is 0 Å². The molecule has 2 aromatic carbocycles. The Hall–Kier alpha value is -1.96. The van der Waals surface area contributed by atoms with Crippen LogP contribution in [0.15, 0.2) is 41.3 Å². The van der Waals surface area contributed by atoms with Crippen molar-refractivity contribution in [3.05, 3.63) is 52.0 Å². The van der Waals surface area contributed by atoms with Crippen LogP contribution in [0.4, 0.5) is 11.4 Å². The number of nitrogens with zero attached hydrogens (tertiary/aromatic N) is 1. The number of piperazine rings is 1. The Balaban J connectivity index is 1.82. The third kappa shape index (κ3) is 4.06. The molecule has 1 fully saturated rings. The van der Waals surface area contributed by atoms with Gasteiger partial charge in [0, 0.05) is 18.1 Å². The van der Waals surface area contributed by atoms with Crippen LogP contribution in [0, 0.1) is 6.92 Å². The maximum Gasteiger partial charge on any atom is 0.261 e. The molecule has 0 bridgehead atoms. The summed E-state index contributed by atoms with van der Waals surface area (Å²) in [5, 5.41) is 3.49. The zero-order valence-corrected chi connectivity index (χ0v) is 16.2. The second kappa shape index (κ2) is 7.34. The molecule has 0 unspecified atom stereocenters. The normalized spacial score (nSPS) is 14.9. The van der Waals surface area contributed by atoms with E-state index in [1.54, 1.807) is 25.1 Å². The molecule has 138 valence electrons. The molecule has 0 atom stereocenters. The molecule has 3 rings (SSSR count). The first-order chi connectivity index (χ1) is 12.3. The predicted octanol–water partition coefficient (Wildman–Crippen LogP) is 3.04. The molecule has 6 nitrogen and oxygen atoms in total. The van der Waals surface area contributed by atoms with E-state index in [2.05, 4.69) is 10.0 Å². The summed E-state index contributed by atoms with van der Waals surface area (Å²) < 4.78 is 27.6. The highest BCUT2D eigenvalue weighted by atomic mass is 35.5. The van der Waals surface area contributed by atoms with Crippen LogP contribution in [0.25, 0.3) is 0 Å². The van der Waals surface area contributed by atoms with Crippen LogP contribution >= 0.6 is 23.2 Å². The molecule has 2 aromatic rings. The maximum atomic E-state index is 12.5. The fourth-order valence-electron chi connectivity index (χ4n) is 2.63. The Bertz CT molecular complexity index is 964. The minimum atomic E-state index is -3.79. The number of benzene rings is 2. The van der Waals surface area contributed by atoms with Crippen LogP contribution in [0.5, 0.6) is 0 Å². The zero-order valence-electron chi connectivity index (χ0n) is 13.9. The molecule has 0 aromatic heterocycles. The first kappa shape index (κ1) is 18.8. The van der Waals surface area contributed by atoms with Gasteiger partial charge in [0.15, 0.2) is 0 Å². The van der Waals surface area contributed by atoms with E-state index in [0.29, 0.717) is 34.5 Å². The molecule has 1 aliphatic rings. The summed E-state index contributed by atoms with van der Waals surface area (Å²) in [5.74, 6) is -0.0756. The lowest BCUT2D eigenvalue weighted by molar-refractivity contribution is -0.120. The minimum Gasteiger partial charge on any atom is -0.359 e. The van der Waals surface area contributed by atoms with Crippen LogP contribution in [-0.2, 0) is 14.8 Å². The summed E-state index contributed by atoms with van der Waals surface area (Å²) in [6, 6.07) is 9.38. The Morgan fingerprint density at radius 3 is 2.54 bits per heavy atom. The number of carbonyl (C=O) groups excluding carboxylic acids is 1. The molecule has 0 radical (unpaired) electrons. The fraction of sp³-hybridized carbons (Fsp3) is 0.235. The summed E-state index contributed by atoms with van der Waals surface area (Å²) in [5.41, 5.74) is 1.81. The van der Waals surface area contributed by atoms with E-state index in [9.17, 15) is 13.2 Å². The van der Waals surface area contributed by atoms with Crippen LogP contribution in [0.3, 0.4) is 0 Å². The average molecular weight is 414 g/mol. The van der Waals surface area contributed by atoms with Gasteiger partial charge in [-0.3, -0.25) is 9.52 Å². The number of halogens is 2. The first-order valence-electron chi connectivity index (χ1n) is 7.86. The van der Waals surface area contributed by atoms with E-state index in [0.717, 1.165) is 5.56 Å². The van der Waals surface area contributed by atoms with E-state index < -0.39 is 10.0 Å². The third-order valence-corrected chi connectivity index (χ3v) is 6.12. The van der Waals surface area contributed by atoms with E-state index in [-0.39, 0.29) is 17.3 Å². The minimum absolute atomic E-state index is 0.0704. The van der Waals surface area contributed by atoms with Gasteiger partial charge in [-0.05, 0) is 42.8 Å². The lowest BCUT2D eigenvalue weighted by Crippen LogP contribution is -2.47. The number of anilines is 2. The molecule has 0 spiro atoms. The molecule has 1 heterocycles. The molecular formula is C17H17Cl2N3O3S. The number of rotatable bonds is 4. The van der Waals surface area contributed by atoms with Gasteiger partial charge < -0.3 is 10.2 Å². The van der Waals surface area contributed by atoms with Crippen molar-refractivity contribution in [3.63, 3.8) is 0 Å². The van der Waals surface area contributed by atoms with Crippen molar-refractivity contribution in [2.45, 2.75) is 11.8 Å². The van der Waals surface area contributed by atoms with Crippen LogP contribution in [-0.4, -0.2) is 34.0 Å². The number of aryl methyl sites for hydroxylation is 1. The van der Waals surface area contributed by atoms with Gasteiger partial charge in [0.05, 0.1) is 27.8 Å². The Morgan fingerprint density at radius 2 is 1.88 bits per heavy atom. The predicted molar refractivity (Wildman–Crippen MR) is 104 cm³/mol. The van der Waals surface area contributed by atoms with E-state index in [1.165, 1.54) is 18.2 Å². The van der Waals surface area contributed by atoms with Crippen molar-refractivity contribution in [3.8, 4) is 0 Å². The van der Waals surface area contributed by atoms with Crippen molar-refractivity contribution >= 4 is 50.5 Å². The van der Waals surface area contributed by atoms with Crippen LogP contribution in [0.2, 0.25) is 10.0 Å². The number of hydrogen-bond acceptors (Lipinski definition) is 4. The maximum absolute atomic E-state index is 12.5. The summed E-state index contributed by atoms with van der Waals surface area (Å²) in [6.07, 6.45) is 0. The van der Waals surface area contributed by atoms with Gasteiger partial charge in [0.25, 0.3) is 10.0 Å². The van der Waals surface area contributed by atoms with E-state index in [1.807, 2.05) is 4.90 Å². The van der Waals surface area contributed by atoms with Gasteiger partial charge in [0.1, 0.15) is 0 Å². The number of carbonyl (C=O) groups is 1.